The van der Waals surface area contributed by atoms with E-state index in [0.29, 0.717) is 44.2 Å². The lowest BCUT2D eigenvalue weighted by Crippen LogP contribution is -2.27. The minimum absolute atomic E-state index is 0.0145. The third-order valence-electron chi connectivity index (χ3n) is 4.71. The van der Waals surface area contributed by atoms with Crippen LogP contribution in [0.2, 0.25) is 15.1 Å². The highest BCUT2D eigenvalue weighted by Crippen LogP contribution is 2.28. The molecule has 10 heteroatoms. The van der Waals surface area contributed by atoms with Crippen LogP contribution < -0.4 is 10.1 Å². The van der Waals surface area contributed by atoms with Gasteiger partial charge in [-0.1, -0.05) is 34.8 Å². The lowest BCUT2D eigenvalue weighted by molar-refractivity contribution is 0.102. The highest BCUT2D eigenvalue weighted by Gasteiger charge is 2.23. The number of carbonyl (C=O) groups is 1. The third-order valence-corrected chi connectivity index (χ3v) is 7.35. The van der Waals surface area contributed by atoms with Crippen molar-refractivity contribution in [2.45, 2.75) is 18.4 Å². The summed E-state index contributed by atoms with van der Waals surface area (Å²) < 4.78 is 32.8. The first-order valence-corrected chi connectivity index (χ1v) is 12.4. The fourth-order valence-corrected chi connectivity index (χ4v) is 4.65. The molecule has 3 aromatic carbocycles. The molecule has 0 radical (unpaired) electrons. The third kappa shape index (κ3) is 6.19. The van der Waals surface area contributed by atoms with Crippen LogP contribution >= 0.6 is 34.8 Å². The Bertz CT molecular complexity index is 1270. The molecule has 1 N–H and O–H groups in total. The Morgan fingerprint density at radius 2 is 1.64 bits per heavy atom. The maximum absolute atomic E-state index is 13.0. The van der Waals surface area contributed by atoms with Crippen molar-refractivity contribution in [2.24, 2.45) is 0 Å². The molecule has 0 saturated carbocycles. The minimum Gasteiger partial charge on any atom is -0.494 e. The Morgan fingerprint density at radius 3 is 2.30 bits per heavy atom. The number of nitrogens with zero attached hydrogens (tertiary/aromatic N) is 1. The van der Waals surface area contributed by atoms with Gasteiger partial charge in [-0.25, -0.2) is 8.42 Å². The van der Waals surface area contributed by atoms with E-state index in [1.54, 1.807) is 36.4 Å². The molecule has 1 amide bonds. The maximum atomic E-state index is 13.0. The minimum atomic E-state index is -3.79. The van der Waals surface area contributed by atoms with Crippen LogP contribution in [0.4, 0.5) is 5.69 Å². The van der Waals surface area contributed by atoms with E-state index in [1.165, 1.54) is 35.6 Å². The predicted molar refractivity (Wildman–Crippen MR) is 132 cm³/mol. The smallest absolute Gasteiger partial charge is 0.255 e. The van der Waals surface area contributed by atoms with Crippen LogP contribution in [0.1, 0.15) is 22.8 Å². The molecular formula is C23H21Cl3N2O4S. The molecule has 6 nitrogen and oxygen atoms in total. The van der Waals surface area contributed by atoms with E-state index in [2.05, 4.69) is 5.32 Å². The Hall–Kier alpha value is -2.29. The summed E-state index contributed by atoms with van der Waals surface area (Å²) in [5, 5.41) is 3.93. The van der Waals surface area contributed by atoms with Gasteiger partial charge in [0.25, 0.3) is 5.91 Å². The molecule has 0 spiro atoms. The summed E-state index contributed by atoms with van der Waals surface area (Å²) in [4.78, 5) is 12.9. The second-order valence-corrected chi connectivity index (χ2v) is 10.4. The lowest BCUT2D eigenvalue weighted by atomic mass is 10.1. The van der Waals surface area contributed by atoms with Crippen molar-refractivity contribution in [3.8, 4) is 5.75 Å². The molecule has 0 aromatic heterocycles. The first-order valence-electron chi connectivity index (χ1n) is 9.86. The SMILES string of the molecule is CCOc1ccc(C(=O)Nc2cc(Cl)ccc2Cl)cc1CN(C)S(=O)(=O)c1ccc(Cl)cc1. The summed E-state index contributed by atoms with van der Waals surface area (Å²) in [5.41, 5.74) is 1.20. The van der Waals surface area contributed by atoms with Crippen LogP contribution in [0.15, 0.2) is 65.6 Å². The van der Waals surface area contributed by atoms with Gasteiger partial charge < -0.3 is 10.1 Å². The monoisotopic (exact) mass is 526 g/mol. The average molecular weight is 528 g/mol. The van der Waals surface area contributed by atoms with Crippen LogP contribution in [0.5, 0.6) is 5.75 Å². The number of amides is 1. The molecule has 0 unspecified atom stereocenters. The van der Waals surface area contributed by atoms with Crippen molar-refractivity contribution in [2.75, 3.05) is 19.0 Å². The Kier molecular flexibility index (Phi) is 8.26. The van der Waals surface area contributed by atoms with Crippen LogP contribution in [-0.2, 0) is 16.6 Å². The van der Waals surface area contributed by atoms with Gasteiger partial charge in [-0.3, -0.25) is 4.79 Å². The second kappa shape index (κ2) is 10.8. The molecule has 0 aliphatic carbocycles. The summed E-state index contributed by atoms with van der Waals surface area (Å²) in [6.07, 6.45) is 0. The molecule has 0 heterocycles. The highest BCUT2D eigenvalue weighted by molar-refractivity contribution is 7.89. The number of nitrogens with one attached hydrogen (secondary N) is 1. The topological polar surface area (TPSA) is 75.7 Å². The first kappa shape index (κ1) is 25.3. The summed E-state index contributed by atoms with van der Waals surface area (Å²) in [6.45, 7) is 2.18. The molecular weight excluding hydrogens is 507 g/mol. The Labute approximate surface area is 208 Å². The summed E-state index contributed by atoms with van der Waals surface area (Å²) in [5.74, 6) is 0.0553. The van der Waals surface area contributed by atoms with E-state index in [4.69, 9.17) is 39.5 Å². The van der Waals surface area contributed by atoms with Crippen molar-refractivity contribution in [1.82, 2.24) is 4.31 Å². The Morgan fingerprint density at radius 1 is 0.970 bits per heavy atom. The predicted octanol–water partition coefficient (Wildman–Crippen LogP) is 6.12. The van der Waals surface area contributed by atoms with Gasteiger partial charge >= 0.3 is 0 Å². The van der Waals surface area contributed by atoms with Crippen LogP contribution in [0.25, 0.3) is 0 Å². The van der Waals surface area contributed by atoms with Gasteiger partial charge in [0, 0.05) is 34.8 Å². The largest absolute Gasteiger partial charge is 0.494 e. The fraction of sp³-hybridized carbons (Fsp3) is 0.174. The molecule has 0 bridgehead atoms. The highest BCUT2D eigenvalue weighted by atomic mass is 35.5. The normalized spacial score (nSPS) is 11.5. The number of halogens is 3. The van der Waals surface area contributed by atoms with Crippen LogP contribution in [-0.4, -0.2) is 32.3 Å². The molecule has 0 fully saturated rings. The average Bonchev–Trinajstić information content (AvgIpc) is 2.77. The quantitative estimate of drug-likeness (QED) is 0.383. The number of rotatable bonds is 8. The number of ether oxygens (including phenoxy) is 1. The molecule has 3 aromatic rings. The summed E-state index contributed by atoms with van der Waals surface area (Å²) in [7, 11) is -2.33. The van der Waals surface area contributed by atoms with E-state index in [9.17, 15) is 13.2 Å². The van der Waals surface area contributed by atoms with E-state index >= 15 is 0 Å². The van der Waals surface area contributed by atoms with E-state index < -0.39 is 15.9 Å². The van der Waals surface area contributed by atoms with E-state index in [-0.39, 0.29) is 11.4 Å². The van der Waals surface area contributed by atoms with E-state index in [0.717, 1.165) is 0 Å². The summed E-state index contributed by atoms with van der Waals surface area (Å²) >= 11 is 18.0. The van der Waals surface area contributed by atoms with Crippen LogP contribution in [0.3, 0.4) is 0 Å². The zero-order valence-electron chi connectivity index (χ0n) is 17.8. The number of carbonyl (C=O) groups excluding carboxylic acids is 1. The number of hydrogen-bond acceptors (Lipinski definition) is 4. The number of anilines is 1. The molecule has 0 aliphatic rings. The second-order valence-electron chi connectivity index (χ2n) is 7.05. The molecule has 3 rings (SSSR count). The van der Waals surface area contributed by atoms with Gasteiger partial charge in [0.1, 0.15) is 5.75 Å². The number of benzene rings is 3. The standard InChI is InChI=1S/C23H21Cl3N2O4S/c1-3-32-22-11-4-15(23(29)27-21-13-18(25)7-10-20(21)26)12-16(22)14-28(2)33(30,31)19-8-5-17(24)6-9-19/h4-13H,3,14H2,1-2H3,(H,27,29). The van der Waals surface area contributed by atoms with Gasteiger partial charge in [-0.2, -0.15) is 4.31 Å². The van der Waals surface area contributed by atoms with E-state index in [1.807, 2.05) is 6.92 Å². The molecule has 33 heavy (non-hydrogen) atoms. The lowest BCUT2D eigenvalue weighted by Gasteiger charge is -2.20. The molecule has 0 saturated heterocycles. The zero-order valence-corrected chi connectivity index (χ0v) is 20.9. The molecule has 0 atom stereocenters. The van der Waals surface area contributed by atoms with Crippen molar-refractivity contribution in [3.63, 3.8) is 0 Å². The fourth-order valence-electron chi connectivity index (χ4n) is 3.04. The van der Waals surface area contributed by atoms with Crippen molar-refractivity contribution < 1.29 is 17.9 Å². The maximum Gasteiger partial charge on any atom is 0.255 e. The van der Waals surface area contributed by atoms with Gasteiger partial charge in [-0.05, 0) is 67.6 Å². The number of sulfonamides is 1. The zero-order chi connectivity index (χ0) is 24.2. The van der Waals surface area contributed by atoms with Crippen molar-refractivity contribution in [1.29, 1.82) is 0 Å². The van der Waals surface area contributed by atoms with Gasteiger partial charge in [0.05, 0.1) is 22.2 Å². The summed E-state index contributed by atoms with van der Waals surface area (Å²) in [6, 6.07) is 15.5. The molecule has 174 valence electrons. The first-order chi connectivity index (χ1) is 15.6. The van der Waals surface area contributed by atoms with Gasteiger partial charge in [-0.15, -0.1) is 0 Å². The Balaban J connectivity index is 1.89. The van der Waals surface area contributed by atoms with Gasteiger partial charge in [0.2, 0.25) is 10.0 Å². The van der Waals surface area contributed by atoms with Gasteiger partial charge in [0.15, 0.2) is 0 Å². The number of hydrogen-bond donors (Lipinski definition) is 1. The van der Waals surface area contributed by atoms with Crippen molar-refractivity contribution >= 4 is 56.4 Å². The van der Waals surface area contributed by atoms with Crippen molar-refractivity contribution in [3.05, 3.63) is 86.9 Å². The molecule has 0 aliphatic heterocycles. The van der Waals surface area contributed by atoms with Crippen LogP contribution in [0, 0.1) is 0 Å².